The summed E-state index contributed by atoms with van der Waals surface area (Å²) in [4.78, 5) is 13.0. The minimum absolute atomic E-state index is 0.177. The number of rotatable bonds is 2. The topological polar surface area (TPSA) is 17.1 Å². The molecule has 0 bridgehead atoms. The van der Waals surface area contributed by atoms with Crippen molar-refractivity contribution in [2.45, 2.75) is 16.6 Å². The number of benzene rings is 1. The average molecular weight is 216 g/mol. The van der Waals surface area contributed by atoms with Gasteiger partial charge in [0.2, 0.25) is 0 Å². The fourth-order valence-electron chi connectivity index (χ4n) is 2.36. The highest BCUT2D eigenvalue weighted by atomic mass is 32.2. The van der Waals surface area contributed by atoms with Crippen molar-refractivity contribution in [3.8, 4) is 0 Å². The van der Waals surface area contributed by atoms with Crippen LogP contribution in [-0.4, -0.2) is 11.0 Å². The van der Waals surface area contributed by atoms with Crippen LogP contribution in [0.1, 0.15) is 6.42 Å². The number of carbonyl (C=O) groups is 1. The number of Topliss-reactive ketones (excluding diaryl/α,β-unsaturated/α-hetero) is 1. The molecule has 1 fully saturated rings. The van der Waals surface area contributed by atoms with Crippen LogP contribution in [-0.2, 0) is 4.79 Å². The maximum absolute atomic E-state index is 11.8. The molecule has 3 rings (SSSR count). The van der Waals surface area contributed by atoms with E-state index in [4.69, 9.17) is 0 Å². The Morgan fingerprint density at radius 2 is 2.00 bits per heavy atom. The summed E-state index contributed by atoms with van der Waals surface area (Å²) in [7, 11) is 0. The van der Waals surface area contributed by atoms with Gasteiger partial charge in [-0.15, -0.1) is 11.8 Å². The van der Waals surface area contributed by atoms with Gasteiger partial charge in [-0.25, -0.2) is 0 Å². The Hall–Kier alpha value is -1.02. The number of allylic oxidation sites excluding steroid dienone is 2. The highest BCUT2D eigenvalue weighted by Gasteiger charge is 2.49. The van der Waals surface area contributed by atoms with Crippen LogP contribution in [0.4, 0.5) is 0 Å². The molecule has 15 heavy (non-hydrogen) atoms. The Morgan fingerprint density at radius 1 is 1.20 bits per heavy atom. The second-order valence-corrected chi connectivity index (χ2v) is 5.32. The quantitative estimate of drug-likeness (QED) is 0.707. The zero-order valence-corrected chi connectivity index (χ0v) is 9.11. The van der Waals surface area contributed by atoms with E-state index in [1.54, 1.807) is 11.8 Å². The van der Waals surface area contributed by atoms with Crippen molar-refractivity contribution in [2.75, 3.05) is 0 Å². The molecule has 76 valence electrons. The van der Waals surface area contributed by atoms with E-state index in [1.165, 1.54) is 4.90 Å². The molecule has 1 nitrogen and oxygen atoms in total. The van der Waals surface area contributed by atoms with E-state index in [9.17, 15) is 4.79 Å². The van der Waals surface area contributed by atoms with Crippen LogP contribution in [0.5, 0.6) is 0 Å². The molecule has 3 atom stereocenters. The van der Waals surface area contributed by atoms with E-state index in [0.29, 0.717) is 17.6 Å². The molecule has 0 heterocycles. The summed E-state index contributed by atoms with van der Waals surface area (Å²) in [5, 5.41) is 0.177. The maximum Gasteiger partial charge on any atom is 0.150 e. The molecule has 1 aromatic carbocycles. The maximum atomic E-state index is 11.8. The number of thioether (sulfide) groups is 1. The molecule has 2 aliphatic carbocycles. The van der Waals surface area contributed by atoms with Crippen molar-refractivity contribution in [3.05, 3.63) is 42.5 Å². The lowest BCUT2D eigenvalue weighted by Crippen LogP contribution is -2.46. The van der Waals surface area contributed by atoms with Gasteiger partial charge in [0.05, 0.1) is 5.25 Å². The lowest BCUT2D eigenvalue weighted by molar-refractivity contribution is -0.130. The van der Waals surface area contributed by atoms with Gasteiger partial charge in [0.15, 0.2) is 5.78 Å². The van der Waals surface area contributed by atoms with Gasteiger partial charge >= 0.3 is 0 Å². The second-order valence-electron chi connectivity index (χ2n) is 4.10. The van der Waals surface area contributed by atoms with Crippen LogP contribution in [0.25, 0.3) is 0 Å². The average Bonchev–Trinajstić information content (AvgIpc) is 2.72. The minimum Gasteiger partial charge on any atom is -0.298 e. The molecule has 0 N–H and O–H groups in total. The van der Waals surface area contributed by atoms with E-state index < -0.39 is 0 Å². The third-order valence-corrected chi connectivity index (χ3v) is 4.56. The van der Waals surface area contributed by atoms with Gasteiger partial charge in [-0.3, -0.25) is 4.79 Å². The Balaban J connectivity index is 1.75. The number of fused-ring (bicyclic) bond motifs is 1. The predicted molar refractivity (Wildman–Crippen MR) is 61.8 cm³/mol. The van der Waals surface area contributed by atoms with Gasteiger partial charge in [-0.1, -0.05) is 30.4 Å². The Kier molecular flexibility index (Phi) is 2.17. The first kappa shape index (κ1) is 9.22. The van der Waals surface area contributed by atoms with Crippen LogP contribution in [0.2, 0.25) is 0 Å². The van der Waals surface area contributed by atoms with Gasteiger partial charge in [-0.05, 0) is 18.6 Å². The fraction of sp³-hybridized carbons (Fsp3) is 0.308. The first-order valence-electron chi connectivity index (χ1n) is 5.28. The fourth-order valence-corrected chi connectivity index (χ4v) is 3.69. The van der Waals surface area contributed by atoms with Crippen molar-refractivity contribution in [1.29, 1.82) is 0 Å². The Labute approximate surface area is 93.6 Å². The lowest BCUT2D eigenvalue weighted by Gasteiger charge is -2.37. The third-order valence-electron chi connectivity index (χ3n) is 3.21. The van der Waals surface area contributed by atoms with Crippen LogP contribution in [0.15, 0.2) is 47.4 Å². The minimum atomic E-state index is 0.177. The molecule has 0 amide bonds. The number of hydrogen-bond acceptors (Lipinski definition) is 2. The molecule has 0 unspecified atom stereocenters. The molecule has 2 heteroatoms. The molecule has 0 aliphatic heterocycles. The van der Waals surface area contributed by atoms with E-state index in [0.717, 1.165) is 6.42 Å². The SMILES string of the molecule is O=C1[C@H]2CC=C[C@H]2[C@@H]1Sc1ccccc1. The summed E-state index contributed by atoms with van der Waals surface area (Å²) >= 11 is 1.71. The molecule has 0 spiro atoms. The van der Waals surface area contributed by atoms with E-state index in [1.807, 2.05) is 18.2 Å². The standard InChI is InChI=1S/C13H12OS/c14-12-10-7-4-8-11(10)13(12)15-9-5-2-1-3-6-9/h1-6,8,10-11,13H,7H2/t10-,11+,13-/m0/s1. The summed E-state index contributed by atoms with van der Waals surface area (Å²) in [6.07, 6.45) is 5.33. The van der Waals surface area contributed by atoms with Crippen molar-refractivity contribution in [3.63, 3.8) is 0 Å². The molecule has 1 saturated carbocycles. The molecule has 0 aromatic heterocycles. The highest BCUT2D eigenvalue weighted by Crippen LogP contribution is 2.47. The van der Waals surface area contributed by atoms with Crippen LogP contribution >= 0.6 is 11.8 Å². The molecular weight excluding hydrogens is 204 g/mol. The summed E-state index contributed by atoms with van der Waals surface area (Å²) in [5.74, 6) is 1.26. The van der Waals surface area contributed by atoms with Gasteiger partial charge in [-0.2, -0.15) is 0 Å². The van der Waals surface area contributed by atoms with Crippen LogP contribution < -0.4 is 0 Å². The van der Waals surface area contributed by atoms with E-state index in [-0.39, 0.29) is 5.25 Å². The van der Waals surface area contributed by atoms with E-state index >= 15 is 0 Å². The number of ketones is 1. The van der Waals surface area contributed by atoms with Gasteiger partial charge in [0.1, 0.15) is 0 Å². The number of hydrogen-bond donors (Lipinski definition) is 0. The molecule has 0 saturated heterocycles. The van der Waals surface area contributed by atoms with Crippen LogP contribution in [0, 0.1) is 11.8 Å². The molecule has 2 aliphatic rings. The van der Waals surface area contributed by atoms with Gasteiger partial charge in [0, 0.05) is 16.7 Å². The smallest absolute Gasteiger partial charge is 0.150 e. The summed E-state index contributed by atoms with van der Waals surface area (Å²) in [6, 6.07) is 10.2. The second kappa shape index (κ2) is 3.53. The third kappa shape index (κ3) is 1.44. The normalized spacial score (nSPS) is 32.5. The Bertz CT molecular complexity index is 410. The first-order chi connectivity index (χ1) is 7.36. The van der Waals surface area contributed by atoms with Crippen molar-refractivity contribution in [2.24, 2.45) is 11.8 Å². The number of carbonyl (C=O) groups excluding carboxylic acids is 1. The zero-order chi connectivity index (χ0) is 10.3. The van der Waals surface area contributed by atoms with Gasteiger partial charge in [0.25, 0.3) is 0 Å². The summed E-state index contributed by atoms with van der Waals surface area (Å²) in [5.41, 5.74) is 0. The van der Waals surface area contributed by atoms with Crippen molar-refractivity contribution >= 4 is 17.5 Å². The predicted octanol–water partition coefficient (Wildman–Crippen LogP) is 2.92. The van der Waals surface area contributed by atoms with E-state index in [2.05, 4.69) is 24.3 Å². The Morgan fingerprint density at radius 3 is 2.80 bits per heavy atom. The van der Waals surface area contributed by atoms with Gasteiger partial charge < -0.3 is 0 Å². The summed E-state index contributed by atoms with van der Waals surface area (Å²) < 4.78 is 0. The molecule has 1 aromatic rings. The summed E-state index contributed by atoms with van der Waals surface area (Å²) in [6.45, 7) is 0. The molecular formula is C13H12OS. The first-order valence-corrected chi connectivity index (χ1v) is 6.16. The van der Waals surface area contributed by atoms with Crippen molar-refractivity contribution < 1.29 is 4.79 Å². The lowest BCUT2D eigenvalue weighted by atomic mass is 9.74. The zero-order valence-electron chi connectivity index (χ0n) is 8.30. The van der Waals surface area contributed by atoms with Crippen LogP contribution in [0.3, 0.4) is 0 Å². The monoisotopic (exact) mass is 216 g/mol. The largest absolute Gasteiger partial charge is 0.298 e. The molecule has 0 radical (unpaired) electrons. The van der Waals surface area contributed by atoms with Crippen molar-refractivity contribution in [1.82, 2.24) is 0 Å². The highest BCUT2D eigenvalue weighted by molar-refractivity contribution is 8.00.